The maximum absolute atomic E-state index is 13.7. The van der Waals surface area contributed by atoms with E-state index < -0.39 is 33.2 Å². The summed E-state index contributed by atoms with van der Waals surface area (Å²) in [6.07, 6.45) is 2.08. The molecule has 1 aliphatic carbocycles. The summed E-state index contributed by atoms with van der Waals surface area (Å²) in [5, 5.41) is 5.13. The van der Waals surface area contributed by atoms with Gasteiger partial charge in [-0.2, -0.15) is 0 Å². The fraction of sp³-hybridized carbons (Fsp3) is 0.211. The Morgan fingerprint density at radius 3 is 2.11 bits per heavy atom. The van der Waals surface area contributed by atoms with Gasteiger partial charge in [0, 0.05) is 5.57 Å². The quantitative estimate of drug-likeness (QED) is 0.815. The van der Waals surface area contributed by atoms with E-state index >= 15 is 0 Å². The summed E-state index contributed by atoms with van der Waals surface area (Å²) in [6, 6.07) is 9.01. The SMILES string of the molecule is NS(=O)(=O)c1ccc(C2=C(c3ccc(F)c(F)c3)C(=O)OC23CCC3)cc1. The number of nitrogens with two attached hydrogens (primary N) is 1. The van der Waals surface area contributed by atoms with Crippen LogP contribution in [0.2, 0.25) is 0 Å². The van der Waals surface area contributed by atoms with Crippen LogP contribution in [0.5, 0.6) is 0 Å². The molecule has 5 nitrogen and oxygen atoms in total. The van der Waals surface area contributed by atoms with Crippen molar-refractivity contribution < 1.29 is 26.7 Å². The highest BCUT2D eigenvalue weighted by molar-refractivity contribution is 7.89. The van der Waals surface area contributed by atoms with Gasteiger partial charge in [0.1, 0.15) is 5.60 Å². The topological polar surface area (TPSA) is 86.5 Å². The monoisotopic (exact) mass is 391 g/mol. The second-order valence-corrected chi connectivity index (χ2v) is 8.25. The van der Waals surface area contributed by atoms with Crippen molar-refractivity contribution in [2.45, 2.75) is 29.8 Å². The third-order valence-electron chi connectivity index (χ3n) is 5.04. The Hall–Kier alpha value is -2.58. The minimum Gasteiger partial charge on any atom is -0.451 e. The summed E-state index contributed by atoms with van der Waals surface area (Å²) in [5.74, 6) is -2.68. The largest absolute Gasteiger partial charge is 0.451 e. The molecule has 0 radical (unpaired) electrons. The van der Waals surface area contributed by atoms with Gasteiger partial charge < -0.3 is 4.74 Å². The molecule has 2 aliphatic rings. The normalized spacial score (nSPS) is 18.6. The molecule has 0 saturated heterocycles. The van der Waals surface area contributed by atoms with E-state index in [1.165, 1.54) is 30.3 Å². The lowest BCUT2D eigenvalue weighted by atomic mass is 9.71. The van der Waals surface area contributed by atoms with E-state index in [2.05, 4.69) is 0 Å². The molecule has 0 amide bonds. The zero-order chi connectivity index (χ0) is 19.4. The van der Waals surface area contributed by atoms with Crippen LogP contribution in [0.3, 0.4) is 0 Å². The molecular weight excluding hydrogens is 376 g/mol. The van der Waals surface area contributed by atoms with Gasteiger partial charge in [-0.05, 0) is 54.7 Å². The van der Waals surface area contributed by atoms with Crippen LogP contribution in [0.15, 0.2) is 47.4 Å². The van der Waals surface area contributed by atoms with Crippen LogP contribution >= 0.6 is 0 Å². The standard InChI is InChI=1S/C19H15F2NO4S/c20-14-7-4-12(10-15(14)21)16-17(19(8-1-9-19)26-18(16)23)11-2-5-13(6-3-11)27(22,24)25/h2-7,10H,1,8-9H2,(H2,22,24,25). The van der Waals surface area contributed by atoms with Crippen molar-refractivity contribution in [3.8, 4) is 0 Å². The smallest absolute Gasteiger partial charge is 0.340 e. The number of benzene rings is 2. The summed E-state index contributed by atoms with van der Waals surface area (Å²) in [6.45, 7) is 0. The third-order valence-corrected chi connectivity index (χ3v) is 5.97. The molecule has 1 spiro atoms. The number of ether oxygens (including phenoxy) is 1. The van der Waals surface area contributed by atoms with Gasteiger partial charge in [0.05, 0.1) is 10.5 Å². The number of sulfonamides is 1. The number of hydrogen-bond donors (Lipinski definition) is 1. The molecular formula is C19H15F2NO4S. The second kappa shape index (κ2) is 5.97. The highest BCUT2D eigenvalue weighted by atomic mass is 32.2. The van der Waals surface area contributed by atoms with Gasteiger partial charge in [-0.3, -0.25) is 0 Å². The van der Waals surface area contributed by atoms with Crippen LogP contribution in [0.4, 0.5) is 8.78 Å². The molecule has 1 fully saturated rings. The zero-order valence-electron chi connectivity index (χ0n) is 14.0. The van der Waals surface area contributed by atoms with Crippen molar-refractivity contribution in [3.63, 3.8) is 0 Å². The molecule has 0 aromatic heterocycles. The highest BCUT2D eigenvalue weighted by Gasteiger charge is 2.52. The van der Waals surface area contributed by atoms with Gasteiger partial charge in [0.15, 0.2) is 11.6 Å². The molecule has 27 heavy (non-hydrogen) atoms. The van der Waals surface area contributed by atoms with E-state index in [0.717, 1.165) is 18.6 Å². The summed E-state index contributed by atoms with van der Waals surface area (Å²) < 4.78 is 55.6. The van der Waals surface area contributed by atoms with Crippen LogP contribution in [0, 0.1) is 11.6 Å². The molecule has 0 atom stereocenters. The molecule has 0 bridgehead atoms. The fourth-order valence-corrected chi connectivity index (χ4v) is 4.11. The van der Waals surface area contributed by atoms with E-state index in [-0.39, 0.29) is 16.0 Å². The van der Waals surface area contributed by atoms with Gasteiger partial charge >= 0.3 is 5.97 Å². The van der Waals surface area contributed by atoms with Gasteiger partial charge in [-0.15, -0.1) is 0 Å². The molecule has 2 aromatic rings. The van der Waals surface area contributed by atoms with Crippen LogP contribution in [0.25, 0.3) is 11.1 Å². The maximum Gasteiger partial charge on any atom is 0.340 e. The molecule has 1 saturated carbocycles. The summed E-state index contributed by atoms with van der Waals surface area (Å²) >= 11 is 0. The molecule has 2 N–H and O–H groups in total. The lowest BCUT2D eigenvalue weighted by Crippen LogP contribution is -2.38. The Bertz CT molecular complexity index is 1090. The second-order valence-electron chi connectivity index (χ2n) is 6.69. The minimum absolute atomic E-state index is 0.0610. The van der Waals surface area contributed by atoms with Crippen LogP contribution < -0.4 is 5.14 Å². The summed E-state index contributed by atoms with van der Waals surface area (Å²) in [4.78, 5) is 12.5. The van der Waals surface area contributed by atoms with Gasteiger partial charge in [-0.1, -0.05) is 18.2 Å². The van der Waals surface area contributed by atoms with Gasteiger partial charge in [-0.25, -0.2) is 27.1 Å². The first-order valence-corrected chi connectivity index (χ1v) is 9.83. The number of carbonyl (C=O) groups is 1. The molecule has 4 rings (SSSR count). The number of primary sulfonamides is 1. The molecule has 140 valence electrons. The maximum atomic E-state index is 13.7. The number of hydrogen-bond acceptors (Lipinski definition) is 4. The Morgan fingerprint density at radius 2 is 1.59 bits per heavy atom. The van der Waals surface area contributed by atoms with Crippen LogP contribution in [0.1, 0.15) is 30.4 Å². The average molecular weight is 391 g/mol. The van der Waals surface area contributed by atoms with E-state index in [1.54, 1.807) is 0 Å². The number of rotatable bonds is 3. The first-order valence-electron chi connectivity index (χ1n) is 8.28. The van der Waals surface area contributed by atoms with Gasteiger partial charge in [0.25, 0.3) is 0 Å². The average Bonchev–Trinajstić information content (AvgIpc) is 2.90. The van der Waals surface area contributed by atoms with E-state index in [4.69, 9.17) is 9.88 Å². The first kappa shape index (κ1) is 17.8. The Morgan fingerprint density at radius 1 is 0.963 bits per heavy atom. The van der Waals surface area contributed by atoms with Crippen molar-refractivity contribution >= 4 is 27.1 Å². The Kier molecular flexibility index (Phi) is 3.94. The lowest BCUT2D eigenvalue weighted by molar-refractivity contribution is -0.149. The van der Waals surface area contributed by atoms with Gasteiger partial charge in [0.2, 0.25) is 10.0 Å². The molecule has 8 heteroatoms. The van der Waals surface area contributed by atoms with Crippen LogP contribution in [-0.4, -0.2) is 20.0 Å². The predicted molar refractivity (Wildman–Crippen MR) is 93.7 cm³/mol. The number of halogens is 2. The molecule has 0 unspecified atom stereocenters. The predicted octanol–water partition coefficient (Wildman–Crippen LogP) is 3.00. The molecule has 2 aromatic carbocycles. The van der Waals surface area contributed by atoms with E-state index in [9.17, 15) is 22.0 Å². The summed E-state index contributed by atoms with van der Waals surface area (Å²) in [5.41, 5.74) is 0.698. The third kappa shape index (κ3) is 2.85. The molecule has 1 aliphatic heterocycles. The fourth-order valence-electron chi connectivity index (χ4n) is 3.59. The minimum atomic E-state index is -3.86. The van der Waals surface area contributed by atoms with Crippen LogP contribution in [-0.2, 0) is 19.6 Å². The number of esters is 1. The first-order chi connectivity index (χ1) is 12.7. The Labute approximate surface area is 154 Å². The number of carbonyl (C=O) groups excluding carboxylic acids is 1. The molecule has 1 heterocycles. The van der Waals surface area contributed by atoms with Crippen molar-refractivity contribution in [1.29, 1.82) is 0 Å². The van der Waals surface area contributed by atoms with Crippen molar-refractivity contribution in [3.05, 3.63) is 65.2 Å². The Balaban J connectivity index is 1.92. The van der Waals surface area contributed by atoms with Crippen molar-refractivity contribution in [1.82, 2.24) is 0 Å². The van der Waals surface area contributed by atoms with E-state index in [1.807, 2.05) is 0 Å². The highest BCUT2D eigenvalue weighted by Crippen LogP contribution is 2.54. The summed E-state index contributed by atoms with van der Waals surface area (Å²) in [7, 11) is -3.86. The van der Waals surface area contributed by atoms with E-state index in [0.29, 0.717) is 24.0 Å². The van der Waals surface area contributed by atoms with Crippen molar-refractivity contribution in [2.24, 2.45) is 5.14 Å². The lowest BCUT2D eigenvalue weighted by Gasteiger charge is -2.39. The van der Waals surface area contributed by atoms with Crippen molar-refractivity contribution in [2.75, 3.05) is 0 Å². The zero-order valence-corrected chi connectivity index (χ0v) is 14.9.